The van der Waals surface area contributed by atoms with Crippen molar-refractivity contribution in [3.8, 4) is 22.3 Å². The van der Waals surface area contributed by atoms with Crippen LogP contribution < -0.4 is 10.5 Å². The number of aliphatic hydroxyl groups is 1. The van der Waals surface area contributed by atoms with Gasteiger partial charge in [-0.3, -0.25) is 14.4 Å². The van der Waals surface area contributed by atoms with E-state index in [1.807, 2.05) is 44.2 Å². The molecule has 12 heteroatoms. The van der Waals surface area contributed by atoms with Gasteiger partial charge in [-0.05, 0) is 73.5 Å². The number of rotatable bonds is 12. The van der Waals surface area contributed by atoms with Crippen LogP contribution in [0.1, 0.15) is 48.9 Å². The third-order valence-corrected chi connectivity index (χ3v) is 8.03. The van der Waals surface area contributed by atoms with Gasteiger partial charge < -0.3 is 19.7 Å². The number of allylic oxidation sites excluding steroid dienone is 1. The molecule has 1 aromatic heterocycles. The molecule has 10 nitrogen and oxygen atoms in total. The summed E-state index contributed by atoms with van der Waals surface area (Å²) in [6.45, 7) is 3.72. The van der Waals surface area contributed by atoms with Crippen molar-refractivity contribution in [2.75, 3.05) is 12.4 Å². The van der Waals surface area contributed by atoms with E-state index in [1.165, 1.54) is 55.7 Å². The first-order valence-corrected chi connectivity index (χ1v) is 15.8. The lowest BCUT2D eigenvalue weighted by molar-refractivity contribution is -0.143. The fraction of sp³-hybridized carbons (Fsp3) is 0.206. The molecule has 240 valence electrons. The molecule has 3 aromatic carbocycles. The Hall–Kier alpha value is -4.91. The van der Waals surface area contributed by atoms with Crippen molar-refractivity contribution in [1.82, 2.24) is 4.57 Å². The van der Waals surface area contributed by atoms with Crippen LogP contribution in [-0.2, 0) is 24.3 Å². The Balaban J connectivity index is 1.92. The Bertz CT molecular complexity index is 1870. The highest BCUT2D eigenvalue weighted by Gasteiger charge is 2.29. The number of halogens is 1. The number of benzene rings is 3. The van der Waals surface area contributed by atoms with Gasteiger partial charge in [-0.2, -0.15) is 0 Å². The van der Waals surface area contributed by atoms with Crippen LogP contribution in [0, 0.1) is 5.82 Å². The quantitative estimate of drug-likeness (QED) is 0.138. The number of nitrogens with two attached hydrogens (primary N) is 1. The summed E-state index contributed by atoms with van der Waals surface area (Å²) in [5.41, 5.74) is 3.31. The number of amides is 1. The first-order valence-electron chi connectivity index (χ1n) is 14.3. The van der Waals surface area contributed by atoms with Crippen LogP contribution in [0.5, 0.6) is 0 Å². The first-order chi connectivity index (χ1) is 21.8. The number of sulfonamides is 1. The number of carbonyl (C=O) groups is 3. The molecule has 0 unspecified atom stereocenters. The van der Waals surface area contributed by atoms with Crippen molar-refractivity contribution in [3.05, 3.63) is 102 Å². The van der Waals surface area contributed by atoms with Gasteiger partial charge in [0.15, 0.2) is 5.78 Å². The van der Waals surface area contributed by atoms with E-state index in [1.54, 1.807) is 16.7 Å². The van der Waals surface area contributed by atoms with E-state index in [0.29, 0.717) is 33.6 Å². The number of hydrogen-bond acceptors (Lipinski definition) is 7. The van der Waals surface area contributed by atoms with Crippen LogP contribution in [0.15, 0.2) is 89.8 Å². The number of methoxy groups -OCH3 is 1. The maximum atomic E-state index is 14.2. The third-order valence-electron chi connectivity index (χ3n) is 7.10. The van der Waals surface area contributed by atoms with Gasteiger partial charge in [-0.25, -0.2) is 17.9 Å². The average Bonchev–Trinajstić information content (AvgIpc) is 3.36. The summed E-state index contributed by atoms with van der Waals surface area (Å²) < 4.78 is 43.9. The van der Waals surface area contributed by atoms with Gasteiger partial charge in [0.25, 0.3) is 5.91 Å². The van der Waals surface area contributed by atoms with Gasteiger partial charge in [-0.15, -0.1) is 0 Å². The van der Waals surface area contributed by atoms with Crippen LogP contribution in [0.3, 0.4) is 0 Å². The van der Waals surface area contributed by atoms with E-state index in [4.69, 9.17) is 5.14 Å². The normalized spacial score (nSPS) is 12.3. The van der Waals surface area contributed by atoms with Crippen molar-refractivity contribution in [1.29, 1.82) is 0 Å². The zero-order valence-electron chi connectivity index (χ0n) is 25.4. The summed E-state index contributed by atoms with van der Waals surface area (Å²) in [6, 6.07) is 19.9. The molecule has 1 amide bonds. The molecule has 1 atom stereocenters. The van der Waals surface area contributed by atoms with Crippen molar-refractivity contribution in [2.45, 2.75) is 43.7 Å². The SMILES string of the molecule is COC(=O)C[C@H](O)CC(=O)/C=C/c1c(-c2ccc(F)cc2)c(-c2ccccc2)c(C(=O)Nc2ccc(S(N)(=O)=O)cc2)n1C(C)C. The maximum absolute atomic E-state index is 14.2. The molecule has 0 saturated heterocycles. The summed E-state index contributed by atoms with van der Waals surface area (Å²) in [4.78, 5) is 38.5. The molecule has 1 heterocycles. The molecule has 0 spiro atoms. The van der Waals surface area contributed by atoms with E-state index >= 15 is 0 Å². The van der Waals surface area contributed by atoms with Gasteiger partial charge in [0.2, 0.25) is 10.0 Å². The van der Waals surface area contributed by atoms with Crippen LogP contribution in [0.25, 0.3) is 28.3 Å². The number of primary sulfonamides is 1. The van der Waals surface area contributed by atoms with E-state index in [0.717, 1.165) is 0 Å². The fourth-order valence-corrected chi connectivity index (χ4v) is 5.58. The molecule has 0 aliphatic carbocycles. The van der Waals surface area contributed by atoms with Crippen LogP contribution in [-0.4, -0.2) is 49.0 Å². The van der Waals surface area contributed by atoms with Crippen molar-refractivity contribution in [2.24, 2.45) is 5.14 Å². The second-order valence-corrected chi connectivity index (χ2v) is 12.3. The third kappa shape index (κ3) is 8.02. The number of aromatic nitrogens is 1. The maximum Gasteiger partial charge on any atom is 0.308 e. The lowest BCUT2D eigenvalue weighted by atomic mass is 9.94. The predicted molar refractivity (Wildman–Crippen MR) is 173 cm³/mol. The Morgan fingerprint density at radius 3 is 2.11 bits per heavy atom. The predicted octanol–water partition coefficient (Wildman–Crippen LogP) is 5.34. The van der Waals surface area contributed by atoms with Crippen LogP contribution in [0.2, 0.25) is 0 Å². The molecule has 0 bridgehead atoms. The van der Waals surface area contributed by atoms with Gasteiger partial charge in [-0.1, -0.05) is 42.5 Å². The molecule has 4 N–H and O–H groups in total. The smallest absolute Gasteiger partial charge is 0.308 e. The van der Waals surface area contributed by atoms with E-state index in [2.05, 4.69) is 10.1 Å². The molecule has 4 aromatic rings. The number of ether oxygens (including phenoxy) is 1. The summed E-state index contributed by atoms with van der Waals surface area (Å²) in [6.07, 6.45) is 0.868. The fourth-order valence-electron chi connectivity index (χ4n) is 5.06. The number of nitrogens with zero attached hydrogens (tertiary/aromatic N) is 1. The summed E-state index contributed by atoms with van der Waals surface area (Å²) in [5.74, 6) is -2.11. The minimum Gasteiger partial charge on any atom is -0.469 e. The van der Waals surface area contributed by atoms with Crippen molar-refractivity contribution in [3.63, 3.8) is 0 Å². The number of aliphatic hydroxyl groups excluding tert-OH is 1. The zero-order valence-corrected chi connectivity index (χ0v) is 26.3. The van der Waals surface area contributed by atoms with E-state index in [9.17, 15) is 32.3 Å². The highest BCUT2D eigenvalue weighted by atomic mass is 32.2. The molecule has 0 aliphatic rings. The molecule has 0 radical (unpaired) electrons. The van der Waals surface area contributed by atoms with Gasteiger partial charge >= 0.3 is 5.97 Å². The molecule has 0 saturated carbocycles. The summed E-state index contributed by atoms with van der Waals surface area (Å²) in [7, 11) is -2.76. The molecule has 4 rings (SSSR count). The van der Waals surface area contributed by atoms with E-state index in [-0.39, 0.29) is 29.5 Å². The lowest BCUT2D eigenvalue weighted by Gasteiger charge is -2.17. The number of ketones is 1. The molecular weight excluding hydrogens is 613 g/mol. The standard InChI is InChI=1S/C34H34FN3O7S/c1-21(2)38-29(18-15-26(39)19-27(40)20-30(41)45-3)31(23-9-11-24(35)12-10-23)32(22-7-5-4-6-8-22)33(38)34(42)37-25-13-16-28(17-14-25)46(36,43)44/h4-18,21,27,40H,19-20H2,1-3H3,(H,37,42)(H2,36,43,44)/b18-15+/t27-/m1/s1. The first kappa shape index (κ1) is 34.0. The summed E-state index contributed by atoms with van der Waals surface area (Å²) in [5, 5.41) is 18.3. The Morgan fingerprint density at radius 2 is 1.54 bits per heavy atom. The highest BCUT2D eigenvalue weighted by molar-refractivity contribution is 7.89. The van der Waals surface area contributed by atoms with Crippen LogP contribution >= 0.6 is 0 Å². The number of nitrogens with one attached hydrogen (secondary N) is 1. The highest BCUT2D eigenvalue weighted by Crippen LogP contribution is 2.42. The molecular formula is C34H34FN3O7S. The largest absolute Gasteiger partial charge is 0.469 e. The lowest BCUT2D eigenvalue weighted by Crippen LogP contribution is -2.20. The minimum atomic E-state index is -3.94. The topological polar surface area (TPSA) is 158 Å². The minimum absolute atomic E-state index is 0.117. The van der Waals surface area contributed by atoms with Gasteiger partial charge in [0.1, 0.15) is 11.5 Å². The van der Waals surface area contributed by atoms with Crippen LogP contribution in [0.4, 0.5) is 10.1 Å². The number of carbonyl (C=O) groups excluding carboxylic acids is 3. The molecule has 0 aliphatic heterocycles. The zero-order chi connectivity index (χ0) is 33.6. The number of anilines is 1. The average molecular weight is 648 g/mol. The second kappa shape index (κ2) is 14.5. The Morgan fingerprint density at radius 1 is 0.935 bits per heavy atom. The Kier molecular flexibility index (Phi) is 10.7. The van der Waals surface area contributed by atoms with Gasteiger partial charge in [0.05, 0.1) is 30.2 Å². The monoisotopic (exact) mass is 647 g/mol. The van der Waals surface area contributed by atoms with Crippen molar-refractivity contribution < 1.29 is 37.0 Å². The Labute approximate surface area is 266 Å². The molecule has 0 fully saturated rings. The van der Waals surface area contributed by atoms with E-state index < -0.39 is 39.6 Å². The van der Waals surface area contributed by atoms with Crippen molar-refractivity contribution >= 4 is 39.4 Å². The van der Waals surface area contributed by atoms with Gasteiger partial charge in [0, 0.05) is 29.3 Å². The summed E-state index contributed by atoms with van der Waals surface area (Å²) >= 11 is 0. The second-order valence-electron chi connectivity index (χ2n) is 10.8. The number of hydrogen-bond donors (Lipinski definition) is 3. The number of esters is 1. The molecule has 46 heavy (non-hydrogen) atoms.